The molecule has 0 spiro atoms. The molecule has 0 amide bonds. The Morgan fingerprint density at radius 3 is 2.25 bits per heavy atom. The SMILES string of the molecule is Cc1ccnc(N)c1C(O)c1ccc(C(F)(F)F)cc1. The number of anilines is 1. The molecule has 2 rings (SSSR count). The average molecular weight is 282 g/mol. The monoisotopic (exact) mass is 282 g/mol. The summed E-state index contributed by atoms with van der Waals surface area (Å²) < 4.78 is 37.4. The summed E-state index contributed by atoms with van der Waals surface area (Å²) in [6.45, 7) is 1.75. The maximum Gasteiger partial charge on any atom is 0.416 e. The zero-order valence-corrected chi connectivity index (χ0v) is 10.6. The number of aliphatic hydroxyl groups is 1. The van der Waals surface area contributed by atoms with Crippen LogP contribution in [0.2, 0.25) is 0 Å². The van der Waals surface area contributed by atoms with E-state index in [-0.39, 0.29) is 5.82 Å². The number of hydrogen-bond donors (Lipinski definition) is 2. The quantitative estimate of drug-likeness (QED) is 0.890. The van der Waals surface area contributed by atoms with E-state index in [0.717, 1.165) is 17.7 Å². The second kappa shape index (κ2) is 5.13. The molecule has 106 valence electrons. The molecule has 0 saturated carbocycles. The number of aryl methyl sites for hydroxylation is 1. The van der Waals surface area contributed by atoms with E-state index in [9.17, 15) is 18.3 Å². The molecule has 3 nitrogen and oxygen atoms in total. The summed E-state index contributed by atoms with van der Waals surface area (Å²) in [4.78, 5) is 3.88. The van der Waals surface area contributed by atoms with Crippen molar-refractivity contribution in [2.45, 2.75) is 19.2 Å². The van der Waals surface area contributed by atoms with Gasteiger partial charge in [-0.05, 0) is 36.2 Å². The predicted molar refractivity (Wildman–Crippen MR) is 68.9 cm³/mol. The first-order valence-electron chi connectivity index (χ1n) is 5.87. The fourth-order valence-electron chi connectivity index (χ4n) is 1.97. The van der Waals surface area contributed by atoms with Crippen LogP contribution in [-0.4, -0.2) is 10.1 Å². The van der Waals surface area contributed by atoms with E-state index < -0.39 is 17.8 Å². The summed E-state index contributed by atoms with van der Waals surface area (Å²) in [5, 5.41) is 10.2. The van der Waals surface area contributed by atoms with Crippen LogP contribution in [0.25, 0.3) is 0 Å². The minimum absolute atomic E-state index is 0.164. The molecule has 1 unspecified atom stereocenters. The highest BCUT2D eigenvalue weighted by molar-refractivity contribution is 5.49. The predicted octanol–water partition coefficient (Wildman–Crippen LogP) is 3.07. The van der Waals surface area contributed by atoms with Crippen molar-refractivity contribution in [1.29, 1.82) is 0 Å². The van der Waals surface area contributed by atoms with Crippen molar-refractivity contribution in [1.82, 2.24) is 4.98 Å². The van der Waals surface area contributed by atoms with Crippen molar-refractivity contribution in [2.75, 3.05) is 5.73 Å². The fraction of sp³-hybridized carbons (Fsp3) is 0.214. The van der Waals surface area contributed by atoms with E-state index in [2.05, 4.69) is 4.98 Å². The lowest BCUT2D eigenvalue weighted by Crippen LogP contribution is -2.09. The molecule has 1 atom stereocenters. The second-order valence-electron chi connectivity index (χ2n) is 4.45. The van der Waals surface area contributed by atoms with Gasteiger partial charge < -0.3 is 10.8 Å². The molecule has 6 heteroatoms. The van der Waals surface area contributed by atoms with Gasteiger partial charge in [-0.15, -0.1) is 0 Å². The van der Waals surface area contributed by atoms with Crippen LogP contribution in [0.3, 0.4) is 0 Å². The molecule has 0 fully saturated rings. The van der Waals surface area contributed by atoms with Crippen LogP contribution in [0.15, 0.2) is 36.5 Å². The van der Waals surface area contributed by atoms with Gasteiger partial charge in [-0.2, -0.15) is 13.2 Å². The molecular formula is C14H13F3N2O. The van der Waals surface area contributed by atoms with Gasteiger partial charge in [-0.3, -0.25) is 0 Å². The molecule has 0 bridgehead atoms. The van der Waals surface area contributed by atoms with Gasteiger partial charge in [0.1, 0.15) is 11.9 Å². The van der Waals surface area contributed by atoms with Gasteiger partial charge in [-0.1, -0.05) is 12.1 Å². The summed E-state index contributed by atoms with van der Waals surface area (Å²) in [6.07, 6.45) is -3.99. The number of aromatic nitrogens is 1. The molecular weight excluding hydrogens is 269 g/mol. The number of nitrogens with two attached hydrogens (primary N) is 1. The molecule has 0 aliphatic heterocycles. The number of rotatable bonds is 2. The van der Waals surface area contributed by atoms with Crippen LogP contribution in [0.1, 0.15) is 28.4 Å². The van der Waals surface area contributed by atoms with Crippen LogP contribution in [0.4, 0.5) is 19.0 Å². The number of halogens is 3. The zero-order chi connectivity index (χ0) is 14.9. The lowest BCUT2D eigenvalue weighted by molar-refractivity contribution is -0.137. The first-order valence-corrected chi connectivity index (χ1v) is 5.87. The van der Waals surface area contributed by atoms with Crippen molar-refractivity contribution in [3.05, 3.63) is 58.8 Å². The number of alkyl halides is 3. The zero-order valence-electron chi connectivity index (χ0n) is 10.6. The summed E-state index contributed by atoms with van der Waals surface area (Å²) in [5.41, 5.74) is 6.42. The highest BCUT2D eigenvalue weighted by Crippen LogP contribution is 2.32. The highest BCUT2D eigenvalue weighted by Gasteiger charge is 2.30. The molecule has 0 aliphatic carbocycles. The van der Waals surface area contributed by atoms with Crippen molar-refractivity contribution in [3.8, 4) is 0 Å². The van der Waals surface area contributed by atoms with Crippen molar-refractivity contribution in [3.63, 3.8) is 0 Å². The minimum atomic E-state index is -4.40. The minimum Gasteiger partial charge on any atom is -0.384 e. The Hall–Kier alpha value is -2.08. The molecule has 0 saturated heterocycles. The Balaban J connectivity index is 2.37. The highest BCUT2D eigenvalue weighted by atomic mass is 19.4. The number of nitrogen functional groups attached to an aromatic ring is 1. The van der Waals surface area contributed by atoms with Crippen LogP contribution in [0, 0.1) is 6.92 Å². The van der Waals surface area contributed by atoms with Crippen LogP contribution in [-0.2, 0) is 6.18 Å². The first-order chi connectivity index (χ1) is 9.30. The Labute approximate surface area is 113 Å². The molecule has 1 aromatic carbocycles. The first kappa shape index (κ1) is 14.3. The van der Waals surface area contributed by atoms with Crippen molar-refractivity contribution >= 4 is 5.82 Å². The molecule has 0 radical (unpaired) electrons. The van der Waals surface area contributed by atoms with E-state index in [1.807, 2.05) is 0 Å². The van der Waals surface area contributed by atoms with Crippen LogP contribution in [0.5, 0.6) is 0 Å². The Morgan fingerprint density at radius 2 is 1.75 bits per heavy atom. The van der Waals surface area contributed by atoms with Crippen LogP contribution >= 0.6 is 0 Å². The van der Waals surface area contributed by atoms with E-state index in [4.69, 9.17) is 5.73 Å². The Morgan fingerprint density at radius 1 is 1.15 bits per heavy atom. The lowest BCUT2D eigenvalue weighted by Gasteiger charge is -2.16. The van der Waals surface area contributed by atoms with Gasteiger partial charge in [0.25, 0.3) is 0 Å². The fourth-order valence-corrected chi connectivity index (χ4v) is 1.97. The number of hydrogen-bond acceptors (Lipinski definition) is 3. The molecule has 1 aromatic heterocycles. The third-order valence-corrected chi connectivity index (χ3v) is 3.07. The van der Waals surface area contributed by atoms with Gasteiger partial charge in [0.05, 0.1) is 5.56 Å². The van der Waals surface area contributed by atoms with Crippen LogP contribution < -0.4 is 5.73 Å². The average Bonchev–Trinajstić information content (AvgIpc) is 2.37. The van der Waals surface area contributed by atoms with E-state index in [1.165, 1.54) is 18.3 Å². The third kappa shape index (κ3) is 2.75. The Bertz CT molecular complexity index is 589. The standard InChI is InChI=1S/C14H13F3N2O/c1-8-6-7-19-13(18)11(8)12(20)9-2-4-10(5-3-9)14(15,16)17/h2-7,12,20H,1H3,(H2,18,19). The third-order valence-electron chi connectivity index (χ3n) is 3.07. The van der Waals surface area contributed by atoms with Crippen molar-refractivity contribution in [2.24, 2.45) is 0 Å². The summed E-state index contributed by atoms with van der Waals surface area (Å²) >= 11 is 0. The van der Waals surface area contributed by atoms with Gasteiger partial charge in [-0.25, -0.2) is 4.98 Å². The van der Waals surface area contributed by atoms with E-state index >= 15 is 0 Å². The summed E-state index contributed by atoms with van der Waals surface area (Å²) in [5.74, 6) is 0.164. The van der Waals surface area contributed by atoms with E-state index in [1.54, 1.807) is 13.0 Å². The number of nitrogens with zero attached hydrogens (tertiary/aromatic N) is 1. The lowest BCUT2D eigenvalue weighted by atomic mass is 9.97. The molecule has 0 aliphatic rings. The van der Waals surface area contributed by atoms with Gasteiger partial charge in [0.15, 0.2) is 0 Å². The molecule has 20 heavy (non-hydrogen) atoms. The maximum atomic E-state index is 12.5. The van der Waals surface area contributed by atoms with Gasteiger partial charge >= 0.3 is 6.18 Å². The number of benzene rings is 1. The Kier molecular flexibility index (Phi) is 3.67. The van der Waals surface area contributed by atoms with E-state index in [0.29, 0.717) is 11.1 Å². The van der Waals surface area contributed by atoms with Gasteiger partial charge in [0.2, 0.25) is 0 Å². The smallest absolute Gasteiger partial charge is 0.384 e. The largest absolute Gasteiger partial charge is 0.416 e. The number of pyridine rings is 1. The second-order valence-corrected chi connectivity index (χ2v) is 4.45. The summed E-state index contributed by atoms with van der Waals surface area (Å²) in [6, 6.07) is 6.01. The summed E-state index contributed by atoms with van der Waals surface area (Å²) in [7, 11) is 0. The van der Waals surface area contributed by atoms with Crippen molar-refractivity contribution < 1.29 is 18.3 Å². The normalized spacial score (nSPS) is 13.2. The topological polar surface area (TPSA) is 59.1 Å². The molecule has 2 aromatic rings. The maximum absolute atomic E-state index is 12.5. The molecule has 3 N–H and O–H groups in total. The molecule has 1 heterocycles. The van der Waals surface area contributed by atoms with Gasteiger partial charge in [0, 0.05) is 11.8 Å². The number of aliphatic hydroxyl groups excluding tert-OH is 1.